The fourth-order valence-corrected chi connectivity index (χ4v) is 2.91. The summed E-state index contributed by atoms with van der Waals surface area (Å²) in [5.41, 5.74) is -0.972. The molecule has 1 amide bonds. The average molecular weight is 321 g/mol. The quantitative estimate of drug-likeness (QED) is 0.727. The molecular weight excluding hydrogens is 296 g/mol. The van der Waals surface area contributed by atoms with Crippen LogP contribution in [0.5, 0.6) is 0 Å². The van der Waals surface area contributed by atoms with E-state index in [4.69, 9.17) is 9.47 Å². The highest BCUT2D eigenvalue weighted by atomic mass is 35.5. The summed E-state index contributed by atoms with van der Waals surface area (Å²) in [6, 6.07) is 0. The van der Waals surface area contributed by atoms with Crippen molar-refractivity contribution in [2.24, 2.45) is 5.92 Å². The molecule has 2 rings (SSSR count). The van der Waals surface area contributed by atoms with Gasteiger partial charge >= 0.3 is 5.97 Å². The maximum atomic E-state index is 12.1. The summed E-state index contributed by atoms with van der Waals surface area (Å²) >= 11 is 0. The fraction of sp³-hybridized carbons (Fsp3) is 0.857. The molecule has 0 aromatic carbocycles. The number of esters is 1. The Morgan fingerprint density at radius 2 is 2.10 bits per heavy atom. The number of ether oxygens (including phenoxy) is 2. The Labute approximate surface area is 131 Å². The monoisotopic (exact) mass is 320 g/mol. The summed E-state index contributed by atoms with van der Waals surface area (Å²) < 4.78 is 10.0. The van der Waals surface area contributed by atoms with E-state index < -0.39 is 11.5 Å². The Morgan fingerprint density at radius 1 is 1.38 bits per heavy atom. The molecule has 7 heteroatoms. The lowest BCUT2D eigenvalue weighted by Gasteiger charge is -2.26. The molecule has 122 valence electrons. The smallest absolute Gasteiger partial charge is 0.334 e. The first kappa shape index (κ1) is 18.2. The number of hydrogen-bond acceptors (Lipinski definition) is 5. The number of methoxy groups -OCH3 is 1. The number of halogens is 1. The fourth-order valence-electron chi connectivity index (χ4n) is 2.91. The Morgan fingerprint density at radius 3 is 2.67 bits per heavy atom. The maximum absolute atomic E-state index is 12.1. The van der Waals surface area contributed by atoms with Gasteiger partial charge in [0.1, 0.15) is 0 Å². The SMILES string of the molecule is COC(=O)C1(NC(=O)CCC2CCNCC2)CCOC1.Cl. The second-order valence-electron chi connectivity index (χ2n) is 5.66. The third-order valence-corrected chi connectivity index (χ3v) is 4.21. The van der Waals surface area contributed by atoms with E-state index in [2.05, 4.69) is 10.6 Å². The lowest BCUT2D eigenvalue weighted by atomic mass is 9.92. The Kier molecular flexibility index (Phi) is 7.42. The summed E-state index contributed by atoms with van der Waals surface area (Å²) in [7, 11) is 1.34. The molecule has 2 N–H and O–H groups in total. The molecule has 0 aromatic heterocycles. The molecule has 2 aliphatic rings. The molecule has 0 aliphatic carbocycles. The van der Waals surface area contributed by atoms with Gasteiger partial charge in [-0.05, 0) is 38.3 Å². The molecule has 6 nitrogen and oxygen atoms in total. The summed E-state index contributed by atoms with van der Waals surface area (Å²) in [4.78, 5) is 23.9. The van der Waals surface area contributed by atoms with Crippen molar-refractivity contribution >= 4 is 24.3 Å². The van der Waals surface area contributed by atoms with E-state index in [1.807, 2.05) is 0 Å². The van der Waals surface area contributed by atoms with E-state index in [1.165, 1.54) is 7.11 Å². The predicted molar refractivity (Wildman–Crippen MR) is 80.4 cm³/mol. The van der Waals surface area contributed by atoms with Crippen LogP contribution in [-0.2, 0) is 19.1 Å². The Balaban J connectivity index is 0.00000220. The Hall–Kier alpha value is -0.850. The third kappa shape index (κ3) is 4.83. The molecule has 2 heterocycles. The molecular formula is C14H25ClN2O4. The molecule has 0 aromatic rings. The van der Waals surface area contributed by atoms with Crippen molar-refractivity contribution in [1.29, 1.82) is 0 Å². The van der Waals surface area contributed by atoms with Crippen LogP contribution in [0, 0.1) is 5.92 Å². The average Bonchev–Trinajstić information content (AvgIpc) is 2.95. The van der Waals surface area contributed by atoms with Crippen molar-refractivity contribution in [2.45, 2.75) is 37.6 Å². The van der Waals surface area contributed by atoms with E-state index >= 15 is 0 Å². The van der Waals surface area contributed by atoms with Crippen molar-refractivity contribution in [2.75, 3.05) is 33.4 Å². The zero-order chi connectivity index (χ0) is 14.4. The van der Waals surface area contributed by atoms with Gasteiger partial charge in [0.25, 0.3) is 0 Å². The molecule has 0 bridgehead atoms. The van der Waals surface area contributed by atoms with Crippen LogP contribution >= 0.6 is 12.4 Å². The van der Waals surface area contributed by atoms with Gasteiger partial charge in [0.15, 0.2) is 5.54 Å². The van der Waals surface area contributed by atoms with Crippen molar-refractivity contribution in [3.63, 3.8) is 0 Å². The molecule has 0 radical (unpaired) electrons. The summed E-state index contributed by atoms with van der Waals surface area (Å²) in [6.07, 6.45) is 4.07. The number of carbonyl (C=O) groups is 2. The van der Waals surface area contributed by atoms with Gasteiger partial charge in [0.05, 0.1) is 13.7 Å². The minimum absolute atomic E-state index is 0. The zero-order valence-electron chi connectivity index (χ0n) is 12.5. The molecule has 0 saturated carbocycles. The topological polar surface area (TPSA) is 76.7 Å². The van der Waals surface area contributed by atoms with E-state index in [9.17, 15) is 9.59 Å². The summed E-state index contributed by atoms with van der Waals surface area (Å²) in [5.74, 6) is 0.112. The molecule has 1 unspecified atom stereocenters. The number of carbonyl (C=O) groups excluding carboxylic acids is 2. The van der Waals surface area contributed by atoms with Gasteiger partial charge < -0.3 is 20.1 Å². The van der Waals surface area contributed by atoms with Gasteiger partial charge in [-0.15, -0.1) is 12.4 Å². The largest absolute Gasteiger partial charge is 0.467 e. The minimum atomic E-state index is -0.972. The van der Waals surface area contributed by atoms with Gasteiger partial charge in [-0.25, -0.2) is 4.79 Å². The second kappa shape index (κ2) is 8.56. The molecule has 2 saturated heterocycles. The summed E-state index contributed by atoms with van der Waals surface area (Å²) in [5, 5.41) is 6.14. The van der Waals surface area contributed by atoms with E-state index in [-0.39, 0.29) is 24.9 Å². The van der Waals surface area contributed by atoms with Crippen molar-refractivity contribution < 1.29 is 19.1 Å². The number of nitrogens with one attached hydrogen (secondary N) is 2. The Bertz CT molecular complexity index is 353. The first-order valence-electron chi connectivity index (χ1n) is 7.34. The van der Waals surface area contributed by atoms with E-state index in [1.54, 1.807) is 0 Å². The van der Waals surface area contributed by atoms with Gasteiger partial charge in [-0.3, -0.25) is 4.79 Å². The minimum Gasteiger partial charge on any atom is -0.467 e. The highest BCUT2D eigenvalue weighted by Gasteiger charge is 2.44. The standard InChI is InChI=1S/C14H24N2O4.ClH/c1-19-13(18)14(6-9-20-10-14)16-12(17)3-2-11-4-7-15-8-5-11;/h11,15H,2-10H2,1H3,(H,16,17);1H. The van der Waals surface area contributed by atoms with Crippen molar-refractivity contribution in [1.82, 2.24) is 10.6 Å². The number of amides is 1. The van der Waals surface area contributed by atoms with Crippen LogP contribution in [0.2, 0.25) is 0 Å². The molecule has 2 aliphatic heterocycles. The number of hydrogen-bond donors (Lipinski definition) is 2. The highest BCUT2D eigenvalue weighted by Crippen LogP contribution is 2.22. The van der Waals surface area contributed by atoms with E-state index in [0.717, 1.165) is 32.4 Å². The van der Waals surface area contributed by atoms with Gasteiger partial charge in [0, 0.05) is 19.4 Å². The first-order chi connectivity index (χ1) is 9.66. The van der Waals surface area contributed by atoms with Crippen LogP contribution in [0.25, 0.3) is 0 Å². The van der Waals surface area contributed by atoms with Gasteiger partial charge in [-0.1, -0.05) is 0 Å². The second-order valence-corrected chi connectivity index (χ2v) is 5.66. The highest BCUT2D eigenvalue weighted by molar-refractivity contribution is 5.88. The lowest BCUT2D eigenvalue weighted by molar-refractivity contribution is -0.151. The lowest BCUT2D eigenvalue weighted by Crippen LogP contribution is -2.55. The van der Waals surface area contributed by atoms with Crippen LogP contribution in [0.1, 0.15) is 32.1 Å². The molecule has 21 heavy (non-hydrogen) atoms. The normalized spacial score (nSPS) is 26.0. The summed E-state index contributed by atoms with van der Waals surface area (Å²) in [6.45, 7) is 2.75. The van der Waals surface area contributed by atoms with Gasteiger partial charge in [0.2, 0.25) is 5.91 Å². The van der Waals surface area contributed by atoms with Crippen molar-refractivity contribution in [3.05, 3.63) is 0 Å². The van der Waals surface area contributed by atoms with Crippen molar-refractivity contribution in [3.8, 4) is 0 Å². The van der Waals surface area contributed by atoms with Crippen LogP contribution in [0.3, 0.4) is 0 Å². The zero-order valence-corrected chi connectivity index (χ0v) is 13.3. The molecule has 1 atom stereocenters. The maximum Gasteiger partial charge on any atom is 0.334 e. The third-order valence-electron chi connectivity index (χ3n) is 4.21. The van der Waals surface area contributed by atoms with Crippen LogP contribution < -0.4 is 10.6 Å². The number of piperidine rings is 1. The molecule has 0 spiro atoms. The van der Waals surface area contributed by atoms with Crippen LogP contribution in [0.4, 0.5) is 0 Å². The van der Waals surface area contributed by atoms with Crippen LogP contribution in [-0.4, -0.2) is 50.8 Å². The number of rotatable bonds is 5. The van der Waals surface area contributed by atoms with Crippen LogP contribution in [0.15, 0.2) is 0 Å². The predicted octanol–water partition coefficient (Wildman–Crippen LogP) is 0.636. The van der Waals surface area contributed by atoms with Gasteiger partial charge in [-0.2, -0.15) is 0 Å². The first-order valence-corrected chi connectivity index (χ1v) is 7.34. The van der Waals surface area contributed by atoms with E-state index in [0.29, 0.717) is 25.4 Å². The molecule has 2 fully saturated rings.